The second kappa shape index (κ2) is 7.21. The number of esters is 1. The largest absolute Gasteiger partial charge is 0.486 e. The summed E-state index contributed by atoms with van der Waals surface area (Å²) in [5, 5.41) is 2.63. The number of benzene rings is 2. The van der Waals surface area contributed by atoms with Gasteiger partial charge in [-0.15, -0.1) is 0 Å². The lowest BCUT2D eigenvalue weighted by atomic mass is 10.2. The first kappa shape index (κ1) is 16.8. The highest BCUT2D eigenvalue weighted by Crippen LogP contribution is 2.32. The van der Waals surface area contributed by atoms with Crippen molar-refractivity contribution in [1.82, 2.24) is 0 Å². The standard InChI is InChI=1S/C18H16FNO5/c1-11(25-18(22)12-3-2-4-13(19)9-12)17(21)20-14-5-6-15-16(10-14)24-8-7-23-15/h2-6,9-11H,7-8H2,1H3,(H,20,21)/t11-/m1/s1. The monoisotopic (exact) mass is 345 g/mol. The number of halogens is 1. The third kappa shape index (κ3) is 4.06. The molecule has 1 heterocycles. The zero-order valence-corrected chi connectivity index (χ0v) is 13.5. The second-order valence-corrected chi connectivity index (χ2v) is 5.41. The average Bonchev–Trinajstić information content (AvgIpc) is 2.61. The number of nitrogens with one attached hydrogen (secondary N) is 1. The summed E-state index contributed by atoms with van der Waals surface area (Å²) in [6.45, 7) is 2.35. The van der Waals surface area contributed by atoms with Crippen molar-refractivity contribution in [1.29, 1.82) is 0 Å². The number of carbonyl (C=O) groups is 2. The van der Waals surface area contributed by atoms with E-state index in [1.165, 1.54) is 25.1 Å². The number of hydrogen-bond acceptors (Lipinski definition) is 5. The van der Waals surface area contributed by atoms with Gasteiger partial charge in [0.25, 0.3) is 5.91 Å². The fraction of sp³-hybridized carbons (Fsp3) is 0.222. The number of rotatable bonds is 4. The van der Waals surface area contributed by atoms with E-state index < -0.39 is 23.8 Å². The van der Waals surface area contributed by atoms with Crippen LogP contribution in [0.3, 0.4) is 0 Å². The maximum atomic E-state index is 13.1. The fourth-order valence-corrected chi connectivity index (χ4v) is 2.26. The molecule has 0 fully saturated rings. The van der Waals surface area contributed by atoms with Gasteiger partial charge in [-0.1, -0.05) is 6.07 Å². The first-order valence-corrected chi connectivity index (χ1v) is 7.70. The number of hydrogen-bond donors (Lipinski definition) is 1. The van der Waals surface area contributed by atoms with E-state index in [-0.39, 0.29) is 5.56 Å². The van der Waals surface area contributed by atoms with Gasteiger partial charge < -0.3 is 19.5 Å². The highest BCUT2D eigenvalue weighted by molar-refractivity contribution is 5.97. The van der Waals surface area contributed by atoms with Gasteiger partial charge in [0.15, 0.2) is 17.6 Å². The quantitative estimate of drug-likeness (QED) is 0.863. The molecule has 0 radical (unpaired) electrons. The molecule has 0 aromatic heterocycles. The maximum Gasteiger partial charge on any atom is 0.339 e. The highest BCUT2D eigenvalue weighted by atomic mass is 19.1. The van der Waals surface area contributed by atoms with Gasteiger partial charge in [0.2, 0.25) is 0 Å². The molecule has 3 rings (SSSR count). The minimum Gasteiger partial charge on any atom is -0.486 e. The lowest BCUT2D eigenvalue weighted by Gasteiger charge is -2.19. The molecule has 130 valence electrons. The summed E-state index contributed by atoms with van der Waals surface area (Å²) >= 11 is 0. The van der Waals surface area contributed by atoms with Gasteiger partial charge in [0, 0.05) is 11.8 Å². The number of anilines is 1. The Morgan fingerprint density at radius 3 is 2.64 bits per heavy atom. The van der Waals surface area contributed by atoms with Crippen LogP contribution in [0.25, 0.3) is 0 Å². The molecule has 25 heavy (non-hydrogen) atoms. The Balaban J connectivity index is 1.62. The maximum absolute atomic E-state index is 13.1. The van der Waals surface area contributed by atoms with Gasteiger partial charge >= 0.3 is 5.97 Å². The van der Waals surface area contributed by atoms with E-state index in [0.29, 0.717) is 30.4 Å². The number of ether oxygens (including phenoxy) is 3. The first-order valence-electron chi connectivity index (χ1n) is 7.70. The zero-order chi connectivity index (χ0) is 17.8. The van der Waals surface area contributed by atoms with Gasteiger partial charge in [-0.05, 0) is 37.3 Å². The average molecular weight is 345 g/mol. The van der Waals surface area contributed by atoms with Crippen molar-refractivity contribution in [2.24, 2.45) is 0 Å². The van der Waals surface area contributed by atoms with Crippen molar-refractivity contribution in [3.05, 3.63) is 53.8 Å². The molecule has 2 aromatic rings. The minimum atomic E-state index is -1.05. The van der Waals surface area contributed by atoms with E-state index in [9.17, 15) is 14.0 Å². The SMILES string of the molecule is C[C@@H](OC(=O)c1cccc(F)c1)C(=O)Nc1ccc2c(c1)OCCO2. The molecule has 1 aliphatic rings. The Hall–Kier alpha value is -3.09. The molecule has 0 unspecified atom stereocenters. The second-order valence-electron chi connectivity index (χ2n) is 5.41. The lowest BCUT2D eigenvalue weighted by Crippen LogP contribution is -2.30. The molecule has 1 N–H and O–H groups in total. The van der Waals surface area contributed by atoms with Crippen LogP contribution in [-0.4, -0.2) is 31.2 Å². The van der Waals surface area contributed by atoms with Crippen LogP contribution in [0.5, 0.6) is 11.5 Å². The Morgan fingerprint density at radius 1 is 1.12 bits per heavy atom. The van der Waals surface area contributed by atoms with Crippen LogP contribution in [0.2, 0.25) is 0 Å². The molecular formula is C18H16FNO5. The van der Waals surface area contributed by atoms with E-state index in [2.05, 4.69) is 5.32 Å². The summed E-state index contributed by atoms with van der Waals surface area (Å²) in [4.78, 5) is 24.1. The summed E-state index contributed by atoms with van der Waals surface area (Å²) in [5.74, 6) is -0.697. The molecule has 0 aliphatic carbocycles. The Morgan fingerprint density at radius 2 is 1.88 bits per heavy atom. The Kier molecular flexibility index (Phi) is 4.83. The summed E-state index contributed by atoms with van der Waals surface area (Å²) in [5.41, 5.74) is 0.530. The van der Waals surface area contributed by atoms with E-state index in [4.69, 9.17) is 14.2 Å². The summed E-state index contributed by atoms with van der Waals surface area (Å²) < 4.78 is 29.1. The van der Waals surface area contributed by atoms with Crippen molar-refractivity contribution >= 4 is 17.6 Å². The number of amides is 1. The van der Waals surface area contributed by atoms with Gasteiger partial charge in [-0.2, -0.15) is 0 Å². The normalized spacial score (nSPS) is 13.7. The van der Waals surface area contributed by atoms with Crippen LogP contribution >= 0.6 is 0 Å². The first-order chi connectivity index (χ1) is 12.0. The van der Waals surface area contributed by atoms with E-state index in [1.807, 2.05) is 0 Å². The highest BCUT2D eigenvalue weighted by Gasteiger charge is 2.20. The van der Waals surface area contributed by atoms with Crippen LogP contribution < -0.4 is 14.8 Å². The van der Waals surface area contributed by atoms with Crippen LogP contribution in [0.1, 0.15) is 17.3 Å². The molecule has 2 aromatic carbocycles. The van der Waals surface area contributed by atoms with Gasteiger partial charge in [-0.3, -0.25) is 4.79 Å². The summed E-state index contributed by atoms with van der Waals surface area (Å²) in [7, 11) is 0. The molecule has 0 saturated carbocycles. The topological polar surface area (TPSA) is 73.9 Å². The van der Waals surface area contributed by atoms with E-state index in [0.717, 1.165) is 6.07 Å². The zero-order valence-electron chi connectivity index (χ0n) is 13.5. The van der Waals surface area contributed by atoms with Crippen LogP contribution in [0.4, 0.5) is 10.1 Å². The molecule has 1 atom stereocenters. The van der Waals surface area contributed by atoms with Crippen molar-refractivity contribution in [2.75, 3.05) is 18.5 Å². The van der Waals surface area contributed by atoms with Gasteiger partial charge in [-0.25, -0.2) is 9.18 Å². The Bertz CT molecular complexity index is 808. The van der Waals surface area contributed by atoms with Crippen molar-refractivity contribution in [3.63, 3.8) is 0 Å². The predicted octanol–water partition coefficient (Wildman–Crippen LogP) is 2.78. The van der Waals surface area contributed by atoms with Crippen LogP contribution in [0, 0.1) is 5.82 Å². The van der Waals surface area contributed by atoms with Crippen molar-refractivity contribution < 1.29 is 28.2 Å². The van der Waals surface area contributed by atoms with Crippen LogP contribution in [0.15, 0.2) is 42.5 Å². The van der Waals surface area contributed by atoms with Gasteiger partial charge in [0.1, 0.15) is 19.0 Å². The van der Waals surface area contributed by atoms with E-state index >= 15 is 0 Å². The third-order valence-corrected chi connectivity index (χ3v) is 3.52. The summed E-state index contributed by atoms with van der Waals surface area (Å²) in [6.07, 6.45) is -1.05. The lowest BCUT2D eigenvalue weighted by molar-refractivity contribution is -0.123. The molecular weight excluding hydrogens is 329 g/mol. The third-order valence-electron chi connectivity index (χ3n) is 3.52. The Labute approximate surface area is 143 Å². The van der Waals surface area contributed by atoms with Crippen LogP contribution in [-0.2, 0) is 9.53 Å². The van der Waals surface area contributed by atoms with Crippen molar-refractivity contribution in [3.8, 4) is 11.5 Å². The molecule has 0 bridgehead atoms. The molecule has 0 spiro atoms. The van der Waals surface area contributed by atoms with Gasteiger partial charge in [0.05, 0.1) is 5.56 Å². The minimum absolute atomic E-state index is 0.0407. The summed E-state index contributed by atoms with van der Waals surface area (Å²) in [6, 6.07) is 10.1. The number of carbonyl (C=O) groups excluding carboxylic acids is 2. The smallest absolute Gasteiger partial charge is 0.339 e. The fourth-order valence-electron chi connectivity index (χ4n) is 2.26. The predicted molar refractivity (Wildman–Crippen MR) is 87.3 cm³/mol. The number of fused-ring (bicyclic) bond motifs is 1. The molecule has 1 amide bonds. The molecule has 7 heteroatoms. The molecule has 1 aliphatic heterocycles. The van der Waals surface area contributed by atoms with Crippen molar-refractivity contribution in [2.45, 2.75) is 13.0 Å². The van der Waals surface area contributed by atoms with E-state index in [1.54, 1.807) is 18.2 Å². The molecule has 0 saturated heterocycles. The molecule has 6 nitrogen and oxygen atoms in total.